The molecule has 0 spiro atoms. The molecule has 3 rings (SSSR count). The fourth-order valence-corrected chi connectivity index (χ4v) is 5.00. The van der Waals surface area contributed by atoms with Gasteiger partial charge in [-0.15, -0.1) is 0 Å². The number of aliphatic hydroxyl groups excluding tert-OH is 1. The van der Waals surface area contributed by atoms with Crippen LogP contribution < -0.4 is 15.8 Å². The van der Waals surface area contributed by atoms with Crippen molar-refractivity contribution in [3.63, 3.8) is 0 Å². The highest BCUT2D eigenvalue weighted by molar-refractivity contribution is 7.92. The third-order valence-corrected chi connectivity index (χ3v) is 8.39. The second-order valence-electron chi connectivity index (χ2n) is 9.97. The van der Waals surface area contributed by atoms with Gasteiger partial charge in [-0.25, -0.2) is 13.4 Å². The Balaban J connectivity index is 2.03. The maximum Gasteiger partial charge on any atom is 0.270 e. The van der Waals surface area contributed by atoms with Crippen molar-refractivity contribution in [3.05, 3.63) is 59.8 Å². The maximum atomic E-state index is 13.4. The number of ether oxygens (including phenoxy) is 1. The second kappa shape index (κ2) is 12.0. The summed E-state index contributed by atoms with van der Waals surface area (Å²) < 4.78 is 32.7. The molecule has 0 aliphatic rings. The number of hydrogen-bond donors (Lipinski definition) is 3. The number of pyridine rings is 2. The molecule has 1 amide bonds. The second-order valence-corrected chi connectivity index (χ2v) is 12.6. The molecule has 39 heavy (non-hydrogen) atoms. The summed E-state index contributed by atoms with van der Waals surface area (Å²) in [5, 5.41) is 12.1. The number of aromatic nitrogens is 3. The Morgan fingerprint density at radius 1 is 1.31 bits per heavy atom. The number of aliphatic hydroxyl groups is 1. The summed E-state index contributed by atoms with van der Waals surface area (Å²) in [5.74, 6) is -0.349. The highest BCUT2D eigenvalue weighted by atomic mass is 32.2. The van der Waals surface area contributed by atoms with Crippen LogP contribution in [0, 0.1) is 6.92 Å². The molecule has 0 saturated heterocycles. The van der Waals surface area contributed by atoms with Gasteiger partial charge >= 0.3 is 0 Å². The average Bonchev–Trinajstić information content (AvgIpc) is 3.28. The number of carbonyl (C=O) groups excluding carboxylic acids is 1. The van der Waals surface area contributed by atoms with Crippen LogP contribution in [-0.2, 0) is 14.6 Å². The highest BCUT2D eigenvalue weighted by Gasteiger charge is 2.34. The minimum absolute atomic E-state index is 0.0670. The van der Waals surface area contributed by atoms with E-state index in [2.05, 4.69) is 20.3 Å². The molecular weight excluding hydrogens is 520 g/mol. The van der Waals surface area contributed by atoms with Crippen molar-refractivity contribution >= 4 is 32.8 Å². The molecule has 0 aromatic carbocycles. The van der Waals surface area contributed by atoms with Gasteiger partial charge in [-0.1, -0.05) is 0 Å². The molecule has 0 unspecified atom stereocenters. The molecule has 0 aliphatic heterocycles. The molecule has 11 nitrogen and oxygen atoms in total. The van der Waals surface area contributed by atoms with E-state index in [-0.39, 0.29) is 41.3 Å². The van der Waals surface area contributed by atoms with Gasteiger partial charge in [0.1, 0.15) is 28.6 Å². The molecule has 3 aromatic heterocycles. The third-order valence-electron chi connectivity index (χ3n) is 5.90. The summed E-state index contributed by atoms with van der Waals surface area (Å²) >= 11 is 0. The fraction of sp³-hybridized carbons (Fsp3) is 0.407. The zero-order valence-corrected chi connectivity index (χ0v) is 23.9. The molecule has 3 heterocycles. The van der Waals surface area contributed by atoms with Crippen LogP contribution in [0.4, 0.5) is 0 Å². The number of hydrogen-bond acceptors (Lipinski definition) is 9. The number of aryl methyl sites for hydroxylation is 1. The smallest absolute Gasteiger partial charge is 0.270 e. The zero-order chi connectivity index (χ0) is 29.0. The standard InChI is InChI=1S/C27H36N6O5S/c1-7-29-21(26(35)32-18(3)20-12-17(2)8-9-30-20)13-19(28)22-15-31-25-14-23(38-11-10-34)24(16-33(22)25)39(36,37)27(4,5)6/h8-9,12-16,18,34H,7,10-11,28H2,1-6H3,(H,32,35)/b19-13-,29-21?/t18-/m1/s1. The van der Waals surface area contributed by atoms with Crippen LogP contribution in [0.25, 0.3) is 11.3 Å². The van der Waals surface area contributed by atoms with Gasteiger partial charge < -0.3 is 20.9 Å². The summed E-state index contributed by atoms with van der Waals surface area (Å²) in [5.41, 5.74) is 9.16. The summed E-state index contributed by atoms with van der Waals surface area (Å²) in [6.07, 6.45) is 6.00. The lowest BCUT2D eigenvalue weighted by molar-refractivity contribution is -0.115. The first kappa shape index (κ1) is 29.8. The van der Waals surface area contributed by atoms with Crippen LogP contribution in [0.15, 0.2) is 52.8 Å². The predicted octanol–water partition coefficient (Wildman–Crippen LogP) is 2.62. The number of sulfone groups is 1. The number of amides is 1. The topological polar surface area (TPSA) is 161 Å². The van der Waals surface area contributed by atoms with E-state index in [4.69, 9.17) is 10.5 Å². The van der Waals surface area contributed by atoms with Crippen molar-refractivity contribution in [1.29, 1.82) is 0 Å². The van der Waals surface area contributed by atoms with Gasteiger partial charge in [-0.3, -0.25) is 19.2 Å². The van der Waals surface area contributed by atoms with E-state index in [0.29, 0.717) is 23.6 Å². The van der Waals surface area contributed by atoms with E-state index >= 15 is 0 Å². The largest absolute Gasteiger partial charge is 0.490 e. The van der Waals surface area contributed by atoms with Gasteiger partial charge in [0.05, 0.1) is 40.7 Å². The molecule has 0 aliphatic carbocycles. The first-order valence-electron chi connectivity index (χ1n) is 12.5. The molecule has 12 heteroatoms. The minimum atomic E-state index is -3.85. The number of nitrogens with two attached hydrogens (primary N) is 1. The Morgan fingerprint density at radius 2 is 2.03 bits per heavy atom. The van der Waals surface area contributed by atoms with Crippen LogP contribution in [0.3, 0.4) is 0 Å². The first-order chi connectivity index (χ1) is 18.3. The Kier molecular flexibility index (Phi) is 9.13. The van der Waals surface area contributed by atoms with Crippen molar-refractivity contribution < 1.29 is 23.1 Å². The van der Waals surface area contributed by atoms with E-state index in [1.54, 1.807) is 33.9 Å². The Bertz CT molecular complexity index is 1520. The SMILES string of the molecule is CCN=C(/C=C(\N)c1cnc2cc(OCCO)c(S(=O)(=O)C(C)(C)C)cn12)C(=O)N[C@H](C)c1cc(C)ccn1. The molecule has 3 aromatic rings. The molecular formula is C27H36N6O5S. The van der Waals surface area contributed by atoms with E-state index in [1.807, 2.05) is 26.0 Å². The van der Waals surface area contributed by atoms with Crippen molar-refractivity contribution in [3.8, 4) is 5.75 Å². The summed E-state index contributed by atoms with van der Waals surface area (Å²) in [6, 6.07) is 4.88. The molecule has 0 radical (unpaired) electrons. The summed E-state index contributed by atoms with van der Waals surface area (Å²) in [7, 11) is -3.85. The maximum absolute atomic E-state index is 13.4. The van der Waals surface area contributed by atoms with Crippen LogP contribution in [-0.4, -0.2) is 64.0 Å². The number of nitrogens with zero attached hydrogens (tertiary/aromatic N) is 4. The van der Waals surface area contributed by atoms with Gasteiger partial charge in [0.15, 0.2) is 9.84 Å². The lowest BCUT2D eigenvalue weighted by Crippen LogP contribution is -2.33. The Hall–Kier alpha value is -3.77. The molecule has 0 saturated carbocycles. The molecule has 1 atom stereocenters. The molecule has 0 fully saturated rings. The molecule has 0 bridgehead atoms. The van der Waals surface area contributed by atoms with Crippen LogP contribution >= 0.6 is 0 Å². The van der Waals surface area contributed by atoms with Crippen molar-refractivity contribution in [2.75, 3.05) is 19.8 Å². The summed E-state index contributed by atoms with van der Waals surface area (Å²) in [6.45, 7) is 10.3. The number of aliphatic imine (C=N–C) groups is 1. The van der Waals surface area contributed by atoms with Gasteiger partial charge in [-0.2, -0.15) is 0 Å². The quantitative estimate of drug-likeness (QED) is 0.321. The minimum Gasteiger partial charge on any atom is -0.490 e. The lowest BCUT2D eigenvalue weighted by atomic mass is 10.1. The van der Waals surface area contributed by atoms with Gasteiger partial charge in [0.2, 0.25) is 0 Å². The van der Waals surface area contributed by atoms with Gasteiger partial charge in [0, 0.05) is 25.0 Å². The van der Waals surface area contributed by atoms with E-state index < -0.39 is 20.5 Å². The average molecular weight is 557 g/mol. The molecule has 4 N–H and O–H groups in total. The zero-order valence-electron chi connectivity index (χ0n) is 23.1. The van der Waals surface area contributed by atoms with Crippen molar-refractivity contribution in [1.82, 2.24) is 19.7 Å². The van der Waals surface area contributed by atoms with E-state index in [0.717, 1.165) is 5.56 Å². The third kappa shape index (κ3) is 6.63. The van der Waals surface area contributed by atoms with Gasteiger partial charge in [0.25, 0.3) is 5.91 Å². The Labute approximate surface area is 228 Å². The number of fused-ring (bicyclic) bond motifs is 1. The number of carbonyl (C=O) groups is 1. The van der Waals surface area contributed by atoms with E-state index in [9.17, 15) is 18.3 Å². The van der Waals surface area contributed by atoms with Crippen molar-refractivity contribution in [2.24, 2.45) is 10.7 Å². The van der Waals surface area contributed by atoms with E-state index in [1.165, 1.54) is 28.9 Å². The fourth-order valence-electron chi connectivity index (χ4n) is 3.72. The van der Waals surface area contributed by atoms with Crippen LogP contribution in [0.2, 0.25) is 0 Å². The normalized spacial score (nSPS) is 13.9. The number of nitrogens with one attached hydrogen (secondary N) is 1. The number of imidazole rings is 1. The monoisotopic (exact) mass is 556 g/mol. The molecule has 210 valence electrons. The summed E-state index contributed by atoms with van der Waals surface area (Å²) in [4.78, 5) is 26.0. The van der Waals surface area contributed by atoms with Gasteiger partial charge in [-0.05, 0) is 65.3 Å². The lowest BCUT2D eigenvalue weighted by Gasteiger charge is -2.21. The van der Waals surface area contributed by atoms with Crippen molar-refractivity contribution in [2.45, 2.75) is 57.2 Å². The van der Waals surface area contributed by atoms with Crippen LogP contribution in [0.5, 0.6) is 5.75 Å². The first-order valence-corrected chi connectivity index (χ1v) is 14.0. The van der Waals surface area contributed by atoms with Crippen LogP contribution in [0.1, 0.15) is 57.6 Å². The highest BCUT2D eigenvalue weighted by Crippen LogP contribution is 2.33. The predicted molar refractivity (Wildman–Crippen MR) is 150 cm³/mol. The number of rotatable bonds is 10. The Morgan fingerprint density at radius 3 is 2.64 bits per heavy atom.